The maximum absolute atomic E-state index is 11.1. The smallest absolute Gasteiger partial charge is 0.310 e. The van der Waals surface area contributed by atoms with Crippen molar-refractivity contribution in [2.75, 3.05) is 5.32 Å². The molecule has 0 aliphatic heterocycles. The van der Waals surface area contributed by atoms with Gasteiger partial charge in [-0.25, -0.2) is 4.98 Å². The van der Waals surface area contributed by atoms with Gasteiger partial charge in [0, 0.05) is 12.3 Å². The van der Waals surface area contributed by atoms with Crippen molar-refractivity contribution in [3.05, 3.63) is 51.6 Å². The van der Waals surface area contributed by atoms with Gasteiger partial charge < -0.3 is 5.32 Å². The molecule has 116 valence electrons. The van der Waals surface area contributed by atoms with E-state index in [9.17, 15) is 15.4 Å². The summed E-state index contributed by atoms with van der Waals surface area (Å²) in [7, 11) is 0. The number of nitrogens with zero attached hydrogens (tertiary/aromatic N) is 4. The van der Waals surface area contributed by atoms with Crippen molar-refractivity contribution in [1.29, 1.82) is 5.26 Å². The molecule has 1 saturated carbocycles. The van der Waals surface area contributed by atoms with Crippen LogP contribution in [0.2, 0.25) is 5.15 Å². The highest BCUT2D eigenvalue weighted by atomic mass is 35.5. The molecule has 8 heteroatoms. The van der Waals surface area contributed by atoms with Gasteiger partial charge in [-0.2, -0.15) is 5.26 Å². The molecule has 23 heavy (non-hydrogen) atoms. The van der Waals surface area contributed by atoms with Crippen LogP contribution in [0.15, 0.2) is 30.6 Å². The Kier molecular flexibility index (Phi) is 3.84. The third-order valence-corrected chi connectivity index (χ3v) is 4.20. The van der Waals surface area contributed by atoms with Crippen LogP contribution in [-0.4, -0.2) is 14.9 Å². The monoisotopic (exact) mass is 329 g/mol. The van der Waals surface area contributed by atoms with Crippen LogP contribution in [-0.2, 0) is 5.41 Å². The van der Waals surface area contributed by atoms with Gasteiger partial charge in [0.2, 0.25) is 0 Å². The molecule has 1 aliphatic carbocycles. The van der Waals surface area contributed by atoms with Crippen molar-refractivity contribution in [2.45, 2.75) is 24.7 Å². The van der Waals surface area contributed by atoms with Gasteiger partial charge in [0.15, 0.2) is 0 Å². The van der Waals surface area contributed by atoms with Gasteiger partial charge in [-0.05, 0) is 31.4 Å². The molecule has 0 unspecified atom stereocenters. The van der Waals surface area contributed by atoms with Gasteiger partial charge in [-0.1, -0.05) is 11.6 Å². The Morgan fingerprint density at radius 1 is 1.39 bits per heavy atom. The van der Waals surface area contributed by atoms with Crippen LogP contribution in [0.4, 0.5) is 17.1 Å². The Labute approximate surface area is 137 Å². The number of halogens is 1. The fraction of sp³-hybridized carbons (Fsp3) is 0.267. The van der Waals surface area contributed by atoms with Gasteiger partial charge >= 0.3 is 5.69 Å². The number of nitro groups is 1. The van der Waals surface area contributed by atoms with Crippen molar-refractivity contribution >= 4 is 28.7 Å². The summed E-state index contributed by atoms with van der Waals surface area (Å²) in [4.78, 5) is 18.7. The summed E-state index contributed by atoms with van der Waals surface area (Å²) in [5, 5.41) is 23.8. The zero-order valence-corrected chi connectivity index (χ0v) is 12.7. The van der Waals surface area contributed by atoms with Gasteiger partial charge in [0.25, 0.3) is 0 Å². The van der Waals surface area contributed by atoms with E-state index in [-0.39, 0.29) is 16.5 Å². The van der Waals surface area contributed by atoms with Crippen LogP contribution in [0.25, 0.3) is 0 Å². The largest absolute Gasteiger partial charge is 0.348 e. The lowest BCUT2D eigenvalue weighted by molar-refractivity contribution is -0.384. The first-order chi connectivity index (χ1) is 11.1. The molecule has 0 atom stereocenters. The van der Waals surface area contributed by atoms with Gasteiger partial charge in [0.05, 0.1) is 22.4 Å². The Morgan fingerprint density at radius 2 is 2.17 bits per heavy atom. The molecule has 1 fully saturated rings. The molecule has 2 heterocycles. The maximum atomic E-state index is 11.1. The van der Waals surface area contributed by atoms with E-state index in [0.29, 0.717) is 11.4 Å². The van der Waals surface area contributed by atoms with E-state index < -0.39 is 10.3 Å². The standard InChI is InChI=1S/C15H12ClN5O2/c16-13-7-11(12(8-19-13)21(22)23)20-10-3-1-6-18-14(10)15(9-17)4-2-5-15/h1,3,6-8H,2,4-5H2,(H,19,20). The normalized spacial score (nSPS) is 15.3. The predicted octanol–water partition coefficient (Wildman–Crippen LogP) is 3.73. The van der Waals surface area contributed by atoms with E-state index >= 15 is 0 Å². The lowest BCUT2D eigenvalue weighted by Gasteiger charge is -2.35. The van der Waals surface area contributed by atoms with E-state index in [1.54, 1.807) is 18.3 Å². The second-order valence-electron chi connectivity index (χ2n) is 5.35. The fourth-order valence-corrected chi connectivity index (χ4v) is 2.79. The Balaban J connectivity index is 2.04. The topological polar surface area (TPSA) is 105 Å². The summed E-state index contributed by atoms with van der Waals surface area (Å²) in [6.45, 7) is 0. The number of hydrogen-bond acceptors (Lipinski definition) is 6. The van der Waals surface area contributed by atoms with Crippen molar-refractivity contribution in [3.8, 4) is 6.07 Å². The second kappa shape index (κ2) is 5.82. The quantitative estimate of drug-likeness (QED) is 0.520. The first-order valence-corrected chi connectivity index (χ1v) is 7.37. The summed E-state index contributed by atoms with van der Waals surface area (Å²) in [6, 6.07) is 7.18. The highest BCUT2D eigenvalue weighted by molar-refractivity contribution is 6.29. The van der Waals surface area contributed by atoms with Crippen LogP contribution in [0.1, 0.15) is 25.0 Å². The molecule has 7 nitrogen and oxygen atoms in total. The van der Waals surface area contributed by atoms with Crippen molar-refractivity contribution in [2.24, 2.45) is 0 Å². The predicted molar refractivity (Wildman–Crippen MR) is 84.6 cm³/mol. The molecule has 1 N–H and O–H groups in total. The molecule has 0 saturated heterocycles. The number of anilines is 2. The molecule has 0 spiro atoms. The molecule has 1 aliphatic rings. The zero-order valence-electron chi connectivity index (χ0n) is 12.0. The molecule has 2 aromatic heterocycles. The highest BCUT2D eigenvalue weighted by Crippen LogP contribution is 2.45. The lowest BCUT2D eigenvalue weighted by atomic mass is 9.67. The molecule has 2 aromatic rings. The average Bonchev–Trinajstić information content (AvgIpc) is 2.48. The van der Waals surface area contributed by atoms with Crippen molar-refractivity contribution in [1.82, 2.24) is 9.97 Å². The van der Waals surface area contributed by atoms with Gasteiger partial charge in [-0.3, -0.25) is 15.1 Å². The minimum absolute atomic E-state index is 0.141. The Hall–Kier alpha value is -2.72. The third-order valence-electron chi connectivity index (χ3n) is 4.00. The van der Waals surface area contributed by atoms with Crippen LogP contribution < -0.4 is 5.32 Å². The number of aromatic nitrogens is 2. The summed E-state index contributed by atoms with van der Waals surface area (Å²) in [5.74, 6) is 0. The van der Waals surface area contributed by atoms with Crippen molar-refractivity contribution < 1.29 is 4.92 Å². The minimum atomic E-state index is -0.630. The minimum Gasteiger partial charge on any atom is -0.348 e. The summed E-state index contributed by atoms with van der Waals surface area (Å²) >= 11 is 5.84. The molecule has 0 radical (unpaired) electrons. The molecule has 0 aromatic carbocycles. The van der Waals surface area contributed by atoms with E-state index in [0.717, 1.165) is 25.5 Å². The van der Waals surface area contributed by atoms with E-state index in [1.807, 2.05) is 0 Å². The molecular formula is C15H12ClN5O2. The van der Waals surface area contributed by atoms with Crippen LogP contribution in [0.5, 0.6) is 0 Å². The molecule has 0 bridgehead atoms. The first-order valence-electron chi connectivity index (χ1n) is 6.99. The van der Waals surface area contributed by atoms with E-state index in [2.05, 4.69) is 21.4 Å². The highest BCUT2D eigenvalue weighted by Gasteiger charge is 2.42. The number of nitriles is 1. The maximum Gasteiger partial charge on any atom is 0.310 e. The van der Waals surface area contributed by atoms with Crippen LogP contribution in [0.3, 0.4) is 0 Å². The van der Waals surface area contributed by atoms with Gasteiger partial charge in [-0.15, -0.1) is 0 Å². The Bertz CT molecular complexity index is 814. The second-order valence-corrected chi connectivity index (χ2v) is 5.74. The summed E-state index contributed by atoms with van der Waals surface area (Å²) < 4.78 is 0. The summed E-state index contributed by atoms with van der Waals surface area (Å²) in [5.41, 5.74) is 0.574. The molecule has 0 amide bonds. The lowest BCUT2D eigenvalue weighted by Crippen LogP contribution is -2.34. The van der Waals surface area contributed by atoms with Crippen molar-refractivity contribution in [3.63, 3.8) is 0 Å². The number of rotatable bonds is 4. The third kappa shape index (κ3) is 2.69. The fourth-order valence-electron chi connectivity index (χ4n) is 2.63. The van der Waals surface area contributed by atoms with Crippen LogP contribution >= 0.6 is 11.6 Å². The average molecular weight is 330 g/mol. The summed E-state index contributed by atoms with van der Waals surface area (Å²) in [6.07, 6.45) is 5.14. The number of pyridine rings is 2. The van der Waals surface area contributed by atoms with Gasteiger partial charge in [0.1, 0.15) is 22.5 Å². The zero-order chi connectivity index (χ0) is 16.4. The molecular weight excluding hydrogens is 318 g/mol. The number of hydrogen-bond donors (Lipinski definition) is 1. The van der Waals surface area contributed by atoms with E-state index in [1.165, 1.54) is 6.07 Å². The molecule has 3 rings (SSSR count). The van der Waals surface area contributed by atoms with Crippen LogP contribution in [0, 0.1) is 21.4 Å². The first kappa shape index (κ1) is 15.2. The SMILES string of the molecule is N#CC1(c2ncccc2Nc2cc(Cl)ncc2[N+](=O)[O-])CCC1. The Morgan fingerprint density at radius 3 is 2.78 bits per heavy atom. The number of nitrogens with one attached hydrogen (secondary N) is 1. The van der Waals surface area contributed by atoms with E-state index in [4.69, 9.17) is 11.6 Å².